The molecule has 0 saturated carbocycles. The largest absolute Gasteiger partial charge is 0.358 e. The number of fused-ring (bicyclic) bond motifs is 2. The Morgan fingerprint density at radius 3 is 2.43 bits per heavy atom. The highest BCUT2D eigenvalue weighted by molar-refractivity contribution is 5.43. The molecule has 0 aliphatic carbocycles. The summed E-state index contributed by atoms with van der Waals surface area (Å²) in [7, 11) is 0. The molecule has 1 atom stereocenters. The molecule has 1 spiro atoms. The fraction of sp³-hybridized carbons (Fsp3) is 0.429. The Morgan fingerprint density at radius 2 is 1.70 bits per heavy atom. The van der Waals surface area contributed by atoms with Crippen molar-refractivity contribution in [2.45, 2.75) is 37.9 Å². The van der Waals surface area contributed by atoms with Crippen LogP contribution in [-0.4, -0.2) is 24.5 Å². The number of ether oxygens (including phenoxy) is 1. The van der Waals surface area contributed by atoms with Crippen LogP contribution in [0.5, 0.6) is 0 Å². The minimum Gasteiger partial charge on any atom is -0.358 e. The van der Waals surface area contributed by atoms with Crippen LogP contribution in [0.25, 0.3) is 0 Å². The van der Waals surface area contributed by atoms with Crippen molar-refractivity contribution in [2.24, 2.45) is 0 Å². The highest BCUT2D eigenvalue weighted by Gasteiger charge is 2.46. The van der Waals surface area contributed by atoms with Gasteiger partial charge in [-0.3, -0.25) is 0 Å². The van der Waals surface area contributed by atoms with Crippen LogP contribution >= 0.6 is 0 Å². The number of piperidine rings is 1. The second kappa shape index (κ2) is 6.10. The van der Waals surface area contributed by atoms with Crippen LogP contribution in [0.4, 0.5) is 0 Å². The fourth-order valence-electron chi connectivity index (χ4n) is 4.21. The zero-order valence-electron chi connectivity index (χ0n) is 13.9. The van der Waals surface area contributed by atoms with Gasteiger partial charge >= 0.3 is 0 Å². The minimum atomic E-state index is -0.0820. The SMILES string of the molecule is CCCN1CCC2(CC1)OC(c1ccccc1)c1ccccc12. The summed E-state index contributed by atoms with van der Waals surface area (Å²) in [6.45, 7) is 5.75. The molecule has 0 bridgehead atoms. The van der Waals surface area contributed by atoms with E-state index in [2.05, 4.69) is 66.4 Å². The summed E-state index contributed by atoms with van der Waals surface area (Å²) in [5.74, 6) is 0. The second-order valence-electron chi connectivity index (χ2n) is 6.83. The maximum Gasteiger partial charge on any atom is 0.109 e. The van der Waals surface area contributed by atoms with Crippen molar-refractivity contribution in [3.05, 3.63) is 71.3 Å². The van der Waals surface area contributed by atoms with E-state index in [1.54, 1.807) is 0 Å². The third-order valence-corrected chi connectivity index (χ3v) is 5.38. The van der Waals surface area contributed by atoms with Crippen molar-refractivity contribution in [3.63, 3.8) is 0 Å². The lowest BCUT2D eigenvalue weighted by atomic mass is 9.83. The number of likely N-dealkylation sites (tertiary alicyclic amines) is 1. The topological polar surface area (TPSA) is 12.5 Å². The van der Waals surface area contributed by atoms with Gasteiger partial charge in [0.05, 0.1) is 5.60 Å². The first-order valence-corrected chi connectivity index (χ1v) is 8.87. The first-order chi connectivity index (χ1) is 11.3. The molecule has 23 heavy (non-hydrogen) atoms. The fourth-order valence-corrected chi connectivity index (χ4v) is 4.21. The molecule has 2 heterocycles. The molecule has 0 aromatic heterocycles. The first kappa shape index (κ1) is 14.9. The summed E-state index contributed by atoms with van der Waals surface area (Å²) in [5.41, 5.74) is 3.97. The summed E-state index contributed by atoms with van der Waals surface area (Å²) in [6, 6.07) is 19.5. The Balaban J connectivity index is 1.66. The summed E-state index contributed by atoms with van der Waals surface area (Å²) in [6.07, 6.45) is 3.53. The second-order valence-corrected chi connectivity index (χ2v) is 6.83. The van der Waals surface area contributed by atoms with Crippen LogP contribution in [0.15, 0.2) is 54.6 Å². The van der Waals surface area contributed by atoms with E-state index in [4.69, 9.17) is 4.74 Å². The predicted molar refractivity (Wildman–Crippen MR) is 93.5 cm³/mol. The smallest absolute Gasteiger partial charge is 0.109 e. The van der Waals surface area contributed by atoms with E-state index >= 15 is 0 Å². The maximum absolute atomic E-state index is 6.75. The molecule has 2 aromatic rings. The molecule has 0 radical (unpaired) electrons. The number of hydrogen-bond donors (Lipinski definition) is 0. The number of rotatable bonds is 3. The van der Waals surface area contributed by atoms with Crippen molar-refractivity contribution >= 4 is 0 Å². The summed E-state index contributed by atoms with van der Waals surface area (Å²) in [5, 5.41) is 0. The molecular formula is C21H25NO. The monoisotopic (exact) mass is 307 g/mol. The Morgan fingerprint density at radius 1 is 1.00 bits per heavy atom. The van der Waals surface area contributed by atoms with E-state index in [0.717, 1.165) is 25.9 Å². The molecule has 1 fully saturated rings. The number of hydrogen-bond acceptors (Lipinski definition) is 2. The molecule has 4 rings (SSSR count). The summed E-state index contributed by atoms with van der Waals surface area (Å²) < 4.78 is 6.75. The predicted octanol–water partition coefficient (Wildman–Crippen LogP) is 4.51. The van der Waals surface area contributed by atoms with Gasteiger partial charge in [0.1, 0.15) is 6.10 Å². The average Bonchev–Trinajstić information content (AvgIpc) is 2.93. The highest BCUT2D eigenvalue weighted by atomic mass is 16.5. The Labute approximate surface area is 139 Å². The first-order valence-electron chi connectivity index (χ1n) is 8.87. The number of nitrogens with zero attached hydrogens (tertiary/aromatic N) is 1. The van der Waals surface area contributed by atoms with Crippen molar-refractivity contribution < 1.29 is 4.74 Å². The van der Waals surface area contributed by atoms with Gasteiger partial charge in [-0.2, -0.15) is 0 Å². The normalized spacial score (nSPS) is 23.1. The molecule has 2 aliphatic heterocycles. The maximum atomic E-state index is 6.75. The van der Waals surface area contributed by atoms with Gasteiger partial charge < -0.3 is 9.64 Å². The van der Waals surface area contributed by atoms with Crippen LogP contribution in [0.1, 0.15) is 49.0 Å². The zero-order valence-corrected chi connectivity index (χ0v) is 13.9. The van der Waals surface area contributed by atoms with E-state index in [0.29, 0.717) is 0 Å². The van der Waals surface area contributed by atoms with Gasteiger partial charge in [0.15, 0.2) is 0 Å². The molecular weight excluding hydrogens is 282 g/mol. The molecule has 2 aliphatic rings. The Hall–Kier alpha value is -1.64. The van der Waals surface area contributed by atoms with Crippen molar-refractivity contribution in [1.29, 1.82) is 0 Å². The van der Waals surface area contributed by atoms with Gasteiger partial charge in [-0.1, -0.05) is 61.5 Å². The van der Waals surface area contributed by atoms with E-state index in [9.17, 15) is 0 Å². The molecule has 2 heteroatoms. The molecule has 0 amide bonds. The van der Waals surface area contributed by atoms with Gasteiger partial charge in [-0.05, 0) is 42.5 Å². The van der Waals surface area contributed by atoms with Crippen molar-refractivity contribution in [1.82, 2.24) is 4.90 Å². The average molecular weight is 307 g/mol. The zero-order chi connectivity index (χ0) is 15.7. The third kappa shape index (κ3) is 2.60. The Bertz CT molecular complexity index is 659. The lowest BCUT2D eigenvalue weighted by Crippen LogP contribution is -2.42. The van der Waals surface area contributed by atoms with Crippen molar-refractivity contribution in [3.8, 4) is 0 Å². The molecule has 1 saturated heterocycles. The van der Waals surface area contributed by atoms with Gasteiger partial charge in [-0.25, -0.2) is 0 Å². The summed E-state index contributed by atoms with van der Waals surface area (Å²) >= 11 is 0. The number of benzene rings is 2. The Kier molecular flexibility index (Phi) is 3.96. The van der Waals surface area contributed by atoms with Gasteiger partial charge in [0, 0.05) is 13.1 Å². The van der Waals surface area contributed by atoms with Crippen LogP contribution in [0, 0.1) is 0 Å². The molecule has 1 unspecified atom stereocenters. The van der Waals surface area contributed by atoms with Crippen LogP contribution in [0.2, 0.25) is 0 Å². The lowest BCUT2D eigenvalue weighted by molar-refractivity contribution is -0.0967. The van der Waals surface area contributed by atoms with Crippen LogP contribution in [-0.2, 0) is 10.3 Å². The van der Waals surface area contributed by atoms with Crippen molar-refractivity contribution in [2.75, 3.05) is 19.6 Å². The van der Waals surface area contributed by atoms with E-state index in [-0.39, 0.29) is 11.7 Å². The molecule has 0 N–H and O–H groups in total. The summed E-state index contributed by atoms with van der Waals surface area (Å²) in [4.78, 5) is 2.58. The highest BCUT2D eigenvalue weighted by Crippen LogP contribution is 2.51. The molecule has 120 valence electrons. The van der Waals surface area contributed by atoms with E-state index in [1.165, 1.54) is 29.7 Å². The standard InChI is InChI=1S/C21H25NO/c1-2-14-22-15-12-21(13-16-22)19-11-7-6-10-18(19)20(23-21)17-8-4-3-5-9-17/h3-11,20H,2,12-16H2,1H3. The molecule has 2 nitrogen and oxygen atoms in total. The minimum absolute atomic E-state index is 0.0820. The van der Waals surface area contributed by atoms with Gasteiger partial charge in [0.25, 0.3) is 0 Å². The molecule has 2 aromatic carbocycles. The third-order valence-electron chi connectivity index (χ3n) is 5.38. The van der Waals surface area contributed by atoms with Gasteiger partial charge in [-0.15, -0.1) is 0 Å². The van der Waals surface area contributed by atoms with Gasteiger partial charge in [0.2, 0.25) is 0 Å². The van der Waals surface area contributed by atoms with E-state index in [1.807, 2.05) is 0 Å². The quantitative estimate of drug-likeness (QED) is 0.827. The van der Waals surface area contributed by atoms with Crippen LogP contribution < -0.4 is 0 Å². The van der Waals surface area contributed by atoms with E-state index < -0.39 is 0 Å². The lowest BCUT2D eigenvalue weighted by Gasteiger charge is -2.39. The van der Waals surface area contributed by atoms with Crippen LogP contribution in [0.3, 0.4) is 0 Å².